The van der Waals surface area contributed by atoms with Gasteiger partial charge in [0, 0.05) is 23.2 Å². The number of amides is 1. The highest BCUT2D eigenvalue weighted by Gasteiger charge is 2.16. The van der Waals surface area contributed by atoms with Gasteiger partial charge in [-0.1, -0.05) is 35.0 Å². The molecule has 1 fully saturated rings. The van der Waals surface area contributed by atoms with Crippen LogP contribution in [0.5, 0.6) is 0 Å². The Labute approximate surface area is 184 Å². The first-order chi connectivity index (χ1) is 14.5. The number of halogens is 1. The van der Waals surface area contributed by atoms with Gasteiger partial charge in [-0.15, -0.1) is 0 Å². The van der Waals surface area contributed by atoms with Gasteiger partial charge in [0.25, 0.3) is 5.56 Å². The van der Waals surface area contributed by atoms with E-state index in [0.29, 0.717) is 10.9 Å². The van der Waals surface area contributed by atoms with E-state index in [0.717, 1.165) is 35.7 Å². The number of piperidine rings is 1. The zero-order valence-corrected chi connectivity index (χ0v) is 18.6. The fourth-order valence-electron chi connectivity index (χ4n) is 3.98. The number of aromatic nitrogens is 2. The molecule has 1 amide bonds. The third-order valence-corrected chi connectivity index (χ3v) is 5.98. The molecule has 0 aliphatic carbocycles. The van der Waals surface area contributed by atoms with E-state index in [1.54, 1.807) is 12.1 Å². The van der Waals surface area contributed by atoms with Crippen molar-refractivity contribution < 1.29 is 4.79 Å². The topological polar surface area (TPSA) is 67.2 Å². The summed E-state index contributed by atoms with van der Waals surface area (Å²) in [6, 6.07) is 13.3. The van der Waals surface area contributed by atoms with E-state index in [9.17, 15) is 9.59 Å². The van der Waals surface area contributed by atoms with E-state index in [-0.39, 0.29) is 18.0 Å². The first-order valence-corrected chi connectivity index (χ1v) is 11.0. The summed E-state index contributed by atoms with van der Waals surface area (Å²) in [6.45, 7) is 5.45. The molecule has 2 aromatic carbocycles. The quantitative estimate of drug-likeness (QED) is 0.613. The Hall–Kier alpha value is -2.51. The zero-order valence-electron chi connectivity index (χ0n) is 17.0. The number of hydrogen-bond acceptors (Lipinski definition) is 4. The number of rotatable bonds is 5. The molecule has 1 saturated heterocycles. The molecule has 6 nitrogen and oxygen atoms in total. The Balaban J connectivity index is 1.39. The van der Waals surface area contributed by atoms with Crippen molar-refractivity contribution in [1.29, 1.82) is 0 Å². The molecule has 0 radical (unpaired) electrons. The third kappa shape index (κ3) is 4.96. The predicted molar refractivity (Wildman–Crippen MR) is 122 cm³/mol. The summed E-state index contributed by atoms with van der Waals surface area (Å²) in [5.74, 6) is 0.497. The van der Waals surface area contributed by atoms with E-state index < -0.39 is 0 Å². The van der Waals surface area contributed by atoms with Gasteiger partial charge in [0.2, 0.25) is 5.91 Å². The van der Waals surface area contributed by atoms with Gasteiger partial charge in [-0.3, -0.25) is 19.1 Å². The maximum absolute atomic E-state index is 12.6. The Bertz CT molecular complexity index is 1110. The first kappa shape index (κ1) is 20.8. The average molecular weight is 469 g/mol. The van der Waals surface area contributed by atoms with E-state index >= 15 is 0 Å². The van der Waals surface area contributed by atoms with Crippen LogP contribution in [0, 0.1) is 5.92 Å². The van der Waals surface area contributed by atoms with Crippen LogP contribution in [0.3, 0.4) is 0 Å². The number of nitrogens with one attached hydrogen (secondary N) is 1. The summed E-state index contributed by atoms with van der Waals surface area (Å²) >= 11 is 3.37. The van der Waals surface area contributed by atoms with Crippen molar-refractivity contribution in [3.05, 3.63) is 69.2 Å². The van der Waals surface area contributed by atoms with E-state index in [2.05, 4.69) is 50.2 Å². The molecular weight excluding hydrogens is 444 g/mol. The standard InChI is InChI=1S/C23H25BrN4O2/c1-16-3-2-10-27(12-16)13-17-4-7-19(8-5-17)26-22(29)14-28-15-25-21-9-6-18(24)11-20(21)23(28)30/h4-9,11,15-16H,2-3,10,12-14H2,1H3,(H,26,29). The maximum atomic E-state index is 12.6. The molecule has 1 aromatic heterocycles. The Morgan fingerprint density at radius 3 is 2.80 bits per heavy atom. The number of fused-ring (bicyclic) bond motifs is 1. The Kier molecular flexibility index (Phi) is 6.29. The normalized spacial score (nSPS) is 17.2. The molecular formula is C23H25BrN4O2. The number of nitrogens with zero attached hydrogens (tertiary/aromatic N) is 3. The van der Waals surface area contributed by atoms with Crippen LogP contribution in [0.1, 0.15) is 25.3 Å². The lowest BCUT2D eigenvalue weighted by Gasteiger charge is -2.30. The van der Waals surface area contributed by atoms with Crippen molar-refractivity contribution in [2.45, 2.75) is 32.9 Å². The van der Waals surface area contributed by atoms with Crippen LogP contribution in [0.15, 0.2) is 58.1 Å². The minimum absolute atomic E-state index is 0.0816. The molecule has 0 saturated carbocycles. The monoisotopic (exact) mass is 468 g/mol. The third-order valence-electron chi connectivity index (χ3n) is 5.49. The lowest BCUT2D eigenvalue weighted by Crippen LogP contribution is -2.33. The number of benzene rings is 2. The summed E-state index contributed by atoms with van der Waals surface area (Å²) in [7, 11) is 0. The highest BCUT2D eigenvalue weighted by molar-refractivity contribution is 9.10. The molecule has 1 N–H and O–H groups in total. The van der Waals surface area contributed by atoms with Crippen LogP contribution in [0.2, 0.25) is 0 Å². The van der Waals surface area contributed by atoms with Crippen LogP contribution in [-0.4, -0.2) is 33.4 Å². The lowest BCUT2D eigenvalue weighted by molar-refractivity contribution is -0.116. The maximum Gasteiger partial charge on any atom is 0.261 e. The lowest BCUT2D eigenvalue weighted by atomic mass is 10.00. The molecule has 0 bridgehead atoms. The summed E-state index contributed by atoms with van der Waals surface area (Å²) in [6.07, 6.45) is 3.99. The first-order valence-electron chi connectivity index (χ1n) is 10.2. The molecule has 1 atom stereocenters. The molecule has 3 aromatic rings. The molecule has 30 heavy (non-hydrogen) atoms. The van der Waals surface area contributed by atoms with Crippen LogP contribution in [0.4, 0.5) is 5.69 Å². The smallest absolute Gasteiger partial charge is 0.261 e. The fraction of sp³-hybridized carbons (Fsp3) is 0.348. The van der Waals surface area contributed by atoms with Gasteiger partial charge in [-0.25, -0.2) is 4.98 Å². The SMILES string of the molecule is CC1CCCN(Cc2ccc(NC(=O)Cn3cnc4ccc(Br)cc4c3=O)cc2)C1. The van der Waals surface area contributed by atoms with E-state index in [1.165, 1.54) is 29.3 Å². The van der Waals surface area contributed by atoms with Gasteiger partial charge in [-0.05, 0) is 61.2 Å². The average Bonchev–Trinajstić information content (AvgIpc) is 2.72. The Morgan fingerprint density at radius 1 is 1.23 bits per heavy atom. The molecule has 1 aliphatic heterocycles. The van der Waals surface area contributed by atoms with Gasteiger partial charge < -0.3 is 5.32 Å². The molecule has 1 aliphatic rings. The zero-order chi connectivity index (χ0) is 21.1. The number of hydrogen-bond donors (Lipinski definition) is 1. The van der Waals surface area contributed by atoms with Crippen LogP contribution >= 0.6 is 15.9 Å². The van der Waals surface area contributed by atoms with E-state index in [1.807, 2.05) is 18.2 Å². The van der Waals surface area contributed by atoms with Crippen molar-refractivity contribution in [3.63, 3.8) is 0 Å². The molecule has 2 heterocycles. The minimum atomic E-state index is -0.258. The van der Waals surface area contributed by atoms with Gasteiger partial charge in [-0.2, -0.15) is 0 Å². The second-order valence-electron chi connectivity index (χ2n) is 8.07. The molecule has 1 unspecified atom stereocenters. The van der Waals surface area contributed by atoms with Crippen molar-refractivity contribution in [1.82, 2.24) is 14.5 Å². The number of likely N-dealkylation sites (tertiary alicyclic amines) is 1. The number of anilines is 1. The van der Waals surface area contributed by atoms with Gasteiger partial charge in [0.1, 0.15) is 6.54 Å². The molecule has 4 rings (SSSR count). The number of carbonyl (C=O) groups excluding carboxylic acids is 1. The molecule has 0 spiro atoms. The summed E-state index contributed by atoms with van der Waals surface area (Å²) in [5, 5.41) is 3.35. The van der Waals surface area contributed by atoms with Crippen molar-refractivity contribution in [2.24, 2.45) is 5.92 Å². The molecule has 7 heteroatoms. The van der Waals surface area contributed by atoms with Gasteiger partial charge >= 0.3 is 0 Å². The fourth-order valence-corrected chi connectivity index (χ4v) is 4.34. The molecule has 156 valence electrons. The van der Waals surface area contributed by atoms with Crippen LogP contribution in [0.25, 0.3) is 10.9 Å². The largest absolute Gasteiger partial charge is 0.325 e. The van der Waals surface area contributed by atoms with Crippen molar-refractivity contribution in [3.8, 4) is 0 Å². The highest BCUT2D eigenvalue weighted by atomic mass is 79.9. The van der Waals surface area contributed by atoms with Gasteiger partial charge in [0.15, 0.2) is 0 Å². The van der Waals surface area contributed by atoms with Crippen LogP contribution < -0.4 is 10.9 Å². The second-order valence-corrected chi connectivity index (χ2v) is 8.98. The van der Waals surface area contributed by atoms with Crippen molar-refractivity contribution in [2.75, 3.05) is 18.4 Å². The van der Waals surface area contributed by atoms with E-state index in [4.69, 9.17) is 0 Å². The predicted octanol–water partition coefficient (Wildman–Crippen LogP) is 4.03. The highest BCUT2D eigenvalue weighted by Crippen LogP contribution is 2.19. The second kappa shape index (κ2) is 9.10. The summed E-state index contributed by atoms with van der Waals surface area (Å²) < 4.78 is 2.13. The minimum Gasteiger partial charge on any atom is -0.325 e. The van der Waals surface area contributed by atoms with Crippen LogP contribution in [-0.2, 0) is 17.9 Å². The Morgan fingerprint density at radius 2 is 2.03 bits per heavy atom. The van der Waals surface area contributed by atoms with Crippen molar-refractivity contribution >= 4 is 38.4 Å². The summed E-state index contributed by atoms with van der Waals surface area (Å²) in [5.41, 5.74) is 2.34. The number of carbonyl (C=O) groups is 1. The van der Waals surface area contributed by atoms with Gasteiger partial charge in [0.05, 0.1) is 17.2 Å². The summed E-state index contributed by atoms with van der Waals surface area (Å²) in [4.78, 5) is 31.9.